The Morgan fingerprint density at radius 1 is 1.03 bits per heavy atom. The zero-order chi connectivity index (χ0) is 23.0. The van der Waals surface area contributed by atoms with Gasteiger partial charge in [0, 0.05) is 12.1 Å². The van der Waals surface area contributed by atoms with Crippen molar-refractivity contribution in [3.63, 3.8) is 0 Å². The predicted octanol–water partition coefficient (Wildman–Crippen LogP) is 7.66. The van der Waals surface area contributed by atoms with Crippen LogP contribution in [-0.2, 0) is 6.54 Å². The molecule has 32 heavy (non-hydrogen) atoms. The van der Waals surface area contributed by atoms with Crippen molar-refractivity contribution >= 4 is 12.0 Å². The van der Waals surface area contributed by atoms with Crippen LogP contribution in [0.2, 0.25) is 0 Å². The number of amides is 1. The van der Waals surface area contributed by atoms with Gasteiger partial charge >= 0.3 is 0 Å². The van der Waals surface area contributed by atoms with Gasteiger partial charge in [-0.25, -0.2) is 0 Å². The zero-order valence-corrected chi connectivity index (χ0v) is 19.8. The molecule has 1 aliphatic carbocycles. The monoisotopic (exact) mass is 425 g/mol. The molecule has 0 radical (unpaired) electrons. The Balaban J connectivity index is 1.56. The summed E-state index contributed by atoms with van der Waals surface area (Å²) < 4.78 is 0. The Labute approximate surface area is 193 Å². The third-order valence-corrected chi connectivity index (χ3v) is 6.17. The number of carbonyl (C=O) groups excluding carboxylic acids is 1. The quantitative estimate of drug-likeness (QED) is 0.453. The van der Waals surface area contributed by atoms with Crippen LogP contribution in [0.15, 0.2) is 95.6 Å². The summed E-state index contributed by atoms with van der Waals surface area (Å²) in [5, 5.41) is 2.96. The first kappa shape index (κ1) is 23.5. The standard InChI is InChI=1S/C30H35NO/c1-23(15-20-28-24(2)11-9-21-30(28,3)4)10-8-14-25-16-18-27(19-17-25)29(32)31-22-26-12-6-5-7-13-26/h5-8,10,12-20H,9,11,21-22H2,1-4H3,(H,31,32)/b14-8+,20-15+,23-10+. The van der Waals surface area contributed by atoms with E-state index in [1.807, 2.05) is 54.6 Å². The zero-order valence-electron chi connectivity index (χ0n) is 19.8. The summed E-state index contributed by atoms with van der Waals surface area (Å²) in [4.78, 5) is 12.4. The van der Waals surface area contributed by atoms with Gasteiger partial charge in [0.15, 0.2) is 0 Å². The first-order valence-electron chi connectivity index (χ1n) is 11.5. The van der Waals surface area contributed by atoms with Gasteiger partial charge in [0.05, 0.1) is 0 Å². The van der Waals surface area contributed by atoms with Gasteiger partial charge in [-0.2, -0.15) is 0 Å². The molecule has 0 spiro atoms. The smallest absolute Gasteiger partial charge is 0.251 e. The van der Waals surface area contributed by atoms with Crippen LogP contribution in [-0.4, -0.2) is 5.91 Å². The second kappa shape index (κ2) is 10.9. The van der Waals surface area contributed by atoms with Crippen LogP contribution in [0, 0.1) is 5.41 Å². The maximum Gasteiger partial charge on any atom is 0.251 e. The maximum absolute atomic E-state index is 12.4. The van der Waals surface area contributed by atoms with Gasteiger partial charge in [-0.05, 0) is 67.4 Å². The molecule has 1 amide bonds. The summed E-state index contributed by atoms with van der Waals surface area (Å²) in [5.74, 6) is -0.0551. The third-order valence-electron chi connectivity index (χ3n) is 6.17. The lowest BCUT2D eigenvalue weighted by atomic mass is 9.72. The lowest BCUT2D eigenvalue weighted by Gasteiger charge is -2.32. The molecule has 0 aliphatic heterocycles. The van der Waals surface area contributed by atoms with E-state index in [0.717, 1.165) is 11.1 Å². The molecule has 166 valence electrons. The Kier molecular flexibility index (Phi) is 8.05. The van der Waals surface area contributed by atoms with E-state index < -0.39 is 0 Å². The SMILES string of the molecule is CC1=C(/C=C/C(C)=C/C=C/c2ccc(C(=O)NCc3ccccc3)cc2)C(C)(C)CCC1. The molecule has 3 rings (SSSR count). The fourth-order valence-corrected chi connectivity index (χ4v) is 4.22. The summed E-state index contributed by atoms with van der Waals surface area (Å²) in [7, 11) is 0. The number of hydrogen-bond acceptors (Lipinski definition) is 1. The lowest BCUT2D eigenvalue weighted by molar-refractivity contribution is 0.0951. The van der Waals surface area contributed by atoms with E-state index in [1.54, 1.807) is 0 Å². The van der Waals surface area contributed by atoms with Crippen molar-refractivity contribution in [3.8, 4) is 0 Å². The minimum Gasteiger partial charge on any atom is -0.348 e. The average molecular weight is 426 g/mol. The fourth-order valence-electron chi connectivity index (χ4n) is 4.22. The molecular weight excluding hydrogens is 390 g/mol. The van der Waals surface area contributed by atoms with Crippen LogP contribution in [0.4, 0.5) is 0 Å². The number of benzene rings is 2. The molecule has 0 heterocycles. The van der Waals surface area contributed by atoms with Crippen molar-refractivity contribution in [1.29, 1.82) is 0 Å². The van der Waals surface area contributed by atoms with Crippen molar-refractivity contribution in [2.75, 3.05) is 0 Å². The largest absolute Gasteiger partial charge is 0.348 e. The van der Waals surface area contributed by atoms with Crippen molar-refractivity contribution in [1.82, 2.24) is 5.32 Å². The highest BCUT2D eigenvalue weighted by Gasteiger charge is 2.26. The Morgan fingerprint density at radius 3 is 2.44 bits per heavy atom. The van der Waals surface area contributed by atoms with E-state index in [4.69, 9.17) is 0 Å². The van der Waals surface area contributed by atoms with Gasteiger partial charge in [-0.15, -0.1) is 0 Å². The molecule has 0 saturated carbocycles. The van der Waals surface area contributed by atoms with Gasteiger partial charge in [0.1, 0.15) is 0 Å². The highest BCUT2D eigenvalue weighted by Crippen LogP contribution is 2.40. The maximum atomic E-state index is 12.4. The lowest BCUT2D eigenvalue weighted by Crippen LogP contribution is -2.22. The topological polar surface area (TPSA) is 29.1 Å². The van der Waals surface area contributed by atoms with Crippen molar-refractivity contribution in [2.24, 2.45) is 5.41 Å². The molecule has 0 unspecified atom stereocenters. The molecule has 0 aromatic heterocycles. The van der Waals surface area contributed by atoms with Crippen LogP contribution in [0.5, 0.6) is 0 Å². The first-order chi connectivity index (χ1) is 15.3. The van der Waals surface area contributed by atoms with E-state index in [-0.39, 0.29) is 11.3 Å². The molecule has 2 nitrogen and oxygen atoms in total. The minimum absolute atomic E-state index is 0.0551. The fraction of sp³-hybridized carbons (Fsp3) is 0.300. The van der Waals surface area contributed by atoms with E-state index in [0.29, 0.717) is 12.1 Å². The number of nitrogens with one attached hydrogen (secondary N) is 1. The predicted molar refractivity (Wildman–Crippen MR) is 136 cm³/mol. The van der Waals surface area contributed by atoms with E-state index in [9.17, 15) is 4.79 Å². The highest BCUT2D eigenvalue weighted by atomic mass is 16.1. The van der Waals surface area contributed by atoms with Gasteiger partial charge in [0.2, 0.25) is 0 Å². The molecule has 2 aromatic carbocycles. The molecule has 1 aliphatic rings. The van der Waals surface area contributed by atoms with E-state index >= 15 is 0 Å². The normalized spacial score (nSPS) is 16.7. The summed E-state index contributed by atoms with van der Waals surface area (Å²) in [6.07, 6.45) is 14.5. The Morgan fingerprint density at radius 2 is 1.75 bits per heavy atom. The third kappa shape index (κ3) is 6.68. The molecule has 2 heteroatoms. The molecule has 0 fully saturated rings. The first-order valence-corrected chi connectivity index (χ1v) is 11.5. The van der Waals surface area contributed by atoms with Gasteiger partial charge < -0.3 is 5.32 Å². The second-order valence-electron chi connectivity index (χ2n) is 9.32. The summed E-state index contributed by atoms with van der Waals surface area (Å²) in [6.45, 7) is 9.63. The molecular formula is C30H35NO. The molecule has 0 bridgehead atoms. The van der Waals surface area contributed by atoms with Crippen molar-refractivity contribution in [2.45, 2.75) is 53.5 Å². The number of carbonyl (C=O) groups is 1. The van der Waals surface area contributed by atoms with Gasteiger partial charge in [0.25, 0.3) is 5.91 Å². The summed E-state index contributed by atoms with van der Waals surface area (Å²) in [6, 6.07) is 17.6. The van der Waals surface area contributed by atoms with Crippen molar-refractivity contribution < 1.29 is 4.79 Å². The van der Waals surface area contributed by atoms with Gasteiger partial charge in [-0.3, -0.25) is 4.79 Å². The van der Waals surface area contributed by atoms with Crippen LogP contribution in [0.1, 0.15) is 68.4 Å². The summed E-state index contributed by atoms with van der Waals surface area (Å²) >= 11 is 0. The Bertz CT molecular complexity index is 1030. The molecule has 2 aromatic rings. The molecule has 0 saturated heterocycles. The second-order valence-corrected chi connectivity index (χ2v) is 9.32. The van der Waals surface area contributed by atoms with Crippen LogP contribution in [0.3, 0.4) is 0 Å². The molecule has 0 atom stereocenters. The van der Waals surface area contributed by atoms with Gasteiger partial charge in [-0.1, -0.05) is 97.8 Å². The number of rotatable bonds is 7. The van der Waals surface area contributed by atoms with Crippen LogP contribution < -0.4 is 5.32 Å². The molecule has 1 N–H and O–H groups in total. The highest BCUT2D eigenvalue weighted by molar-refractivity contribution is 5.94. The number of allylic oxidation sites excluding steroid dienone is 7. The van der Waals surface area contributed by atoms with Crippen LogP contribution in [0.25, 0.3) is 6.08 Å². The average Bonchev–Trinajstić information content (AvgIpc) is 2.78. The van der Waals surface area contributed by atoms with E-state index in [1.165, 1.54) is 36.0 Å². The number of hydrogen-bond donors (Lipinski definition) is 1. The van der Waals surface area contributed by atoms with Crippen molar-refractivity contribution in [3.05, 3.63) is 112 Å². The van der Waals surface area contributed by atoms with E-state index in [2.05, 4.69) is 63.4 Å². The minimum atomic E-state index is -0.0551. The Hall–Kier alpha value is -3.13. The summed E-state index contributed by atoms with van der Waals surface area (Å²) in [5.41, 5.74) is 7.34. The van der Waals surface area contributed by atoms with Crippen LogP contribution >= 0.6 is 0 Å².